The molecule has 0 aromatic heterocycles. The van der Waals surface area contributed by atoms with Crippen molar-refractivity contribution in [1.82, 2.24) is 15.1 Å². The number of amides is 1. The van der Waals surface area contributed by atoms with E-state index in [9.17, 15) is 23.1 Å². The lowest BCUT2D eigenvalue weighted by atomic mass is 9.92. The zero-order chi connectivity index (χ0) is 24.3. The van der Waals surface area contributed by atoms with Crippen LogP contribution in [0.3, 0.4) is 0 Å². The fourth-order valence-electron chi connectivity index (χ4n) is 4.55. The normalized spacial score (nSPS) is 17.6. The van der Waals surface area contributed by atoms with Crippen LogP contribution < -0.4 is 10.6 Å². The fourth-order valence-corrected chi connectivity index (χ4v) is 4.55. The topological polar surface area (TPSA) is 67.8 Å². The van der Waals surface area contributed by atoms with Crippen LogP contribution in [0, 0.1) is 24.4 Å². The quantitative estimate of drug-likeness (QED) is 0.484. The molecule has 2 saturated heterocycles. The molecule has 0 bridgehead atoms. The molecule has 2 heterocycles. The lowest BCUT2D eigenvalue weighted by Crippen LogP contribution is -2.67. The van der Waals surface area contributed by atoms with Crippen LogP contribution in [0.4, 0.5) is 24.5 Å². The summed E-state index contributed by atoms with van der Waals surface area (Å²) < 4.78 is 42.8. The van der Waals surface area contributed by atoms with Gasteiger partial charge in [0.2, 0.25) is 0 Å². The first-order valence-electron chi connectivity index (χ1n) is 11.7. The predicted molar refractivity (Wildman–Crippen MR) is 125 cm³/mol. The van der Waals surface area contributed by atoms with Crippen molar-refractivity contribution in [2.24, 2.45) is 0 Å². The number of anilines is 2. The van der Waals surface area contributed by atoms with E-state index in [4.69, 9.17) is 0 Å². The highest BCUT2D eigenvalue weighted by molar-refractivity contribution is 6.01. The van der Waals surface area contributed by atoms with Crippen LogP contribution in [0.2, 0.25) is 0 Å². The highest BCUT2D eigenvalue weighted by Gasteiger charge is 2.44. The molecule has 184 valence electrons. The highest BCUT2D eigenvalue weighted by atomic mass is 19.2. The molecule has 6 nitrogen and oxygen atoms in total. The molecule has 0 aliphatic carbocycles. The number of halogens is 3. The largest absolute Gasteiger partial charge is 0.385 e. The second-order valence-electron chi connectivity index (χ2n) is 9.36. The molecule has 34 heavy (non-hydrogen) atoms. The van der Waals surface area contributed by atoms with Gasteiger partial charge < -0.3 is 25.5 Å². The molecular formula is C25H31F3N4O2. The molecule has 2 aromatic carbocycles. The van der Waals surface area contributed by atoms with Crippen LogP contribution in [0.1, 0.15) is 35.2 Å². The standard InChI is InChI=1S/C25H31F3N4O2/c1-17-5-8-21(20(27)13-17)30-23-18(6-7-19(26)22(23)28)24(33)32-15-25(34,16-32)14-29-9-4-12-31-10-2-3-11-31/h5-8,13,29-30,34H,2-4,9-12,14-16H2,1H3. The van der Waals surface area contributed by atoms with Crippen LogP contribution in [0.5, 0.6) is 0 Å². The van der Waals surface area contributed by atoms with Crippen LogP contribution in [0.15, 0.2) is 30.3 Å². The Morgan fingerprint density at radius 3 is 2.53 bits per heavy atom. The summed E-state index contributed by atoms with van der Waals surface area (Å²) in [6, 6.07) is 6.32. The Bertz CT molecular complexity index is 1040. The maximum absolute atomic E-state index is 14.6. The molecule has 2 aliphatic heterocycles. The Balaban J connectivity index is 1.35. The molecule has 0 saturated carbocycles. The van der Waals surface area contributed by atoms with Crippen molar-refractivity contribution < 1.29 is 23.1 Å². The van der Waals surface area contributed by atoms with Crippen LogP contribution in [0.25, 0.3) is 0 Å². The number of benzene rings is 2. The summed E-state index contributed by atoms with van der Waals surface area (Å²) in [6.45, 7) is 6.29. The van der Waals surface area contributed by atoms with E-state index in [0.717, 1.165) is 38.7 Å². The van der Waals surface area contributed by atoms with Gasteiger partial charge in [-0.05, 0) is 82.2 Å². The van der Waals surface area contributed by atoms with Gasteiger partial charge >= 0.3 is 0 Å². The maximum atomic E-state index is 14.6. The summed E-state index contributed by atoms with van der Waals surface area (Å²) in [6.07, 6.45) is 3.50. The number of nitrogens with one attached hydrogen (secondary N) is 2. The van der Waals surface area contributed by atoms with E-state index in [1.54, 1.807) is 13.0 Å². The third-order valence-corrected chi connectivity index (χ3v) is 6.45. The zero-order valence-corrected chi connectivity index (χ0v) is 19.3. The molecule has 9 heteroatoms. The van der Waals surface area contributed by atoms with Gasteiger partial charge in [-0.1, -0.05) is 6.07 Å². The number of aliphatic hydroxyl groups is 1. The number of carbonyl (C=O) groups excluding carboxylic acids is 1. The van der Waals surface area contributed by atoms with E-state index in [1.807, 2.05) is 0 Å². The lowest BCUT2D eigenvalue weighted by molar-refractivity contribution is -0.0784. The second-order valence-corrected chi connectivity index (χ2v) is 9.36. The van der Waals surface area contributed by atoms with Crippen LogP contribution in [-0.4, -0.2) is 72.2 Å². The van der Waals surface area contributed by atoms with Gasteiger partial charge in [0, 0.05) is 6.54 Å². The van der Waals surface area contributed by atoms with Crippen molar-refractivity contribution in [3.63, 3.8) is 0 Å². The second kappa shape index (κ2) is 10.3. The van der Waals surface area contributed by atoms with E-state index in [2.05, 4.69) is 15.5 Å². The Kier molecular flexibility index (Phi) is 7.45. The van der Waals surface area contributed by atoms with Gasteiger partial charge in [0.1, 0.15) is 11.4 Å². The smallest absolute Gasteiger partial charge is 0.256 e. The van der Waals surface area contributed by atoms with Crippen molar-refractivity contribution in [1.29, 1.82) is 0 Å². The van der Waals surface area contributed by atoms with Gasteiger partial charge in [0.25, 0.3) is 5.91 Å². The average molecular weight is 477 g/mol. The minimum absolute atomic E-state index is 0.0672. The van der Waals surface area contributed by atoms with Crippen molar-refractivity contribution >= 4 is 17.3 Å². The highest BCUT2D eigenvalue weighted by Crippen LogP contribution is 2.31. The van der Waals surface area contributed by atoms with Gasteiger partial charge in [-0.15, -0.1) is 0 Å². The van der Waals surface area contributed by atoms with Crippen LogP contribution in [-0.2, 0) is 0 Å². The first-order valence-corrected chi connectivity index (χ1v) is 11.7. The average Bonchev–Trinajstić information content (AvgIpc) is 3.30. The van der Waals surface area contributed by atoms with Crippen molar-refractivity contribution in [2.75, 3.05) is 51.1 Å². The first kappa shape index (κ1) is 24.5. The third-order valence-electron chi connectivity index (χ3n) is 6.45. The zero-order valence-electron chi connectivity index (χ0n) is 19.3. The fraction of sp³-hybridized carbons (Fsp3) is 0.480. The molecular weight excluding hydrogens is 445 g/mol. The monoisotopic (exact) mass is 476 g/mol. The Labute approximate surface area is 197 Å². The minimum atomic E-state index is -1.26. The minimum Gasteiger partial charge on any atom is -0.385 e. The van der Waals surface area contributed by atoms with Gasteiger partial charge in [-0.3, -0.25) is 4.79 Å². The summed E-state index contributed by atoms with van der Waals surface area (Å²) in [5.41, 5.74) is -1.02. The molecule has 1 amide bonds. The van der Waals surface area contributed by atoms with Crippen molar-refractivity contribution in [3.8, 4) is 0 Å². The maximum Gasteiger partial charge on any atom is 0.256 e. The number of β-amino-alcohol motifs (C(OH)–C–C–N with tert-alkyl or cyclic N) is 1. The molecule has 2 aliphatic rings. The molecule has 0 radical (unpaired) electrons. The Hall–Kier alpha value is -2.62. The molecule has 3 N–H and O–H groups in total. The molecule has 2 fully saturated rings. The Morgan fingerprint density at radius 1 is 1.09 bits per heavy atom. The number of rotatable bonds is 9. The number of likely N-dealkylation sites (tertiary alicyclic amines) is 2. The molecule has 4 rings (SSSR count). The van der Waals surface area contributed by atoms with Gasteiger partial charge in [0.05, 0.1) is 30.0 Å². The van der Waals surface area contributed by atoms with Gasteiger partial charge in [-0.2, -0.15) is 0 Å². The van der Waals surface area contributed by atoms with E-state index < -0.39 is 34.6 Å². The molecule has 0 spiro atoms. The SMILES string of the molecule is Cc1ccc(Nc2c(C(=O)N3CC(O)(CNCCCN4CCCC4)C3)ccc(F)c2F)c(F)c1. The number of carbonyl (C=O) groups is 1. The number of hydrogen-bond donors (Lipinski definition) is 3. The van der Waals surface area contributed by atoms with E-state index in [0.29, 0.717) is 12.1 Å². The van der Waals surface area contributed by atoms with Crippen LogP contribution >= 0.6 is 0 Å². The molecule has 0 atom stereocenters. The molecule has 2 aromatic rings. The van der Waals surface area contributed by atoms with Crippen molar-refractivity contribution in [2.45, 2.75) is 31.8 Å². The Morgan fingerprint density at radius 2 is 1.82 bits per heavy atom. The van der Waals surface area contributed by atoms with Gasteiger partial charge in [-0.25, -0.2) is 13.2 Å². The van der Waals surface area contributed by atoms with E-state index in [-0.39, 0.29) is 24.3 Å². The van der Waals surface area contributed by atoms with E-state index >= 15 is 0 Å². The summed E-state index contributed by atoms with van der Waals surface area (Å²) >= 11 is 0. The summed E-state index contributed by atoms with van der Waals surface area (Å²) in [5.74, 6) is -3.62. The van der Waals surface area contributed by atoms with Gasteiger partial charge in [0.15, 0.2) is 11.6 Å². The predicted octanol–water partition coefficient (Wildman–Crippen LogP) is 3.42. The number of nitrogens with zero attached hydrogens (tertiary/aromatic N) is 2. The third kappa shape index (κ3) is 5.54. The lowest BCUT2D eigenvalue weighted by Gasteiger charge is -2.46. The first-order chi connectivity index (χ1) is 16.3. The summed E-state index contributed by atoms with van der Waals surface area (Å²) in [5, 5.41) is 16.5. The van der Waals surface area contributed by atoms with E-state index in [1.165, 1.54) is 35.9 Å². The molecule has 0 unspecified atom stereocenters. The number of hydrogen-bond acceptors (Lipinski definition) is 5. The van der Waals surface area contributed by atoms with Crippen molar-refractivity contribution in [3.05, 3.63) is 58.9 Å². The summed E-state index contributed by atoms with van der Waals surface area (Å²) in [7, 11) is 0. The summed E-state index contributed by atoms with van der Waals surface area (Å²) in [4.78, 5) is 16.8. The number of aryl methyl sites for hydroxylation is 1.